The molecule has 9 heteroatoms. The number of carbonyl (C=O) groups is 1. The summed E-state index contributed by atoms with van der Waals surface area (Å²) in [6.07, 6.45) is 10.7. The predicted molar refractivity (Wildman–Crippen MR) is 134 cm³/mol. The van der Waals surface area contributed by atoms with E-state index in [1.54, 1.807) is 18.5 Å². The molecule has 0 spiro atoms. The molecule has 2 saturated heterocycles. The third kappa shape index (κ3) is 5.48. The first-order valence-corrected chi connectivity index (χ1v) is 13.0. The molecule has 0 aliphatic carbocycles. The molecule has 5 rings (SSSR count). The van der Waals surface area contributed by atoms with Crippen molar-refractivity contribution >= 4 is 23.1 Å². The highest BCUT2D eigenvalue weighted by atomic mass is 32.1. The second-order valence-corrected chi connectivity index (χ2v) is 10.1. The molecular weight excluding hydrogens is 446 g/mol. The maximum absolute atomic E-state index is 13.1. The molecule has 0 radical (unpaired) electrons. The molecule has 8 nitrogen and oxygen atoms in total. The SMILES string of the molecule is CN1CCC[C@H]1CC1CCCCN1CC(=O)Nc1cc(-c2nccs2)nc(-c2ccccn2)n1. The predicted octanol–water partition coefficient (Wildman–Crippen LogP) is 3.94. The maximum atomic E-state index is 13.1. The minimum atomic E-state index is -0.0394. The summed E-state index contributed by atoms with van der Waals surface area (Å²) < 4.78 is 0. The van der Waals surface area contributed by atoms with Crippen molar-refractivity contribution in [2.45, 2.75) is 50.6 Å². The van der Waals surface area contributed by atoms with E-state index in [1.807, 2.05) is 23.6 Å². The van der Waals surface area contributed by atoms with Crippen LogP contribution in [0.5, 0.6) is 0 Å². The van der Waals surface area contributed by atoms with Gasteiger partial charge in [-0.25, -0.2) is 15.0 Å². The minimum Gasteiger partial charge on any atom is -0.309 e. The molecule has 2 aliphatic rings. The molecule has 2 fully saturated rings. The van der Waals surface area contributed by atoms with Crippen LogP contribution in [0.2, 0.25) is 0 Å². The summed E-state index contributed by atoms with van der Waals surface area (Å²) in [4.78, 5) is 36.0. The van der Waals surface area contributed by atoms with Gasteiger partial charge < -0.3 is 10.2 Å². The van der Waals surface area contributed by atoms with Crippen molar-refractivity contribution < 1.29 is 4.79 Å². The van der Waals surface area contributed by atoms with Crippen molar-refractivity contribution in [3.8, 4) is 22.2 Å². The van der Waals surface area contributed by atoms with Crippen LogP contribution in [0.25, 0.3) is 22.2 Å². The lowest BCUT2D eigenvalue weighted by Gasteiger charge is -2.37. The third-order valence-electron chi connectivity index (χ3n) is 6.85. The molecule has 0 saturated carbocycles. The number of piperidine rings is 1. The fourth-order valence-electron chi connectivity index (χ4n) is 5.07. The van der Waals surface area contributed by atoms with E-state index in [0.29, 0.717) is 41.7 Å². The summed E-state index contributed by atoms with van der Waals surface area (Å²) >= 11 is 1.50. The van der Waals surface area contributed by atoms with Crippen LogP contribution in [0.15, 0.2) is 42.0 Å². The van der Waals surface area contributed by atoms with Gasteiger partial charge in [0.25, 0.3) is 0 Å². The first-order valence-electron chi connectivity index (χ1n) is 12.1. The zero-order chi connectivity index (χ0) is 23.3. The summed E-state index contributed by atoms with van der Waals surface area (Å²) in [6, 6.07) is 8.52. The van der Waals surface area contributed by atoms with Crippen molar-refractivity contribution in [3.05, 3.63) is 42.0 Å². The Balaban J connectivity index is 1.31. The fourth-order valence-corrected chi connectivity index (χ4v) is 5.67. The number of pyridine rings is 1. The van der Waals surface area contributed by atoms with E-state index in [9.17, 15) is 4.79 Å². The summed E-state index contributed by atoms with van der Waals surface area (Å²) in [5.41, 5.74) is 1.34. The number of likely N-dealkylation sites (tertiary alicyclic amines) is 2. The lowest BCUT2D eigenvalue weighted by Crippen LogP contribution is -2.46. The molecular formula is C25H31N7OS. The standard InChI is InChI=1S/C25H31N7OS/c1-31-12-6-8-18(31)15-19-7-3-5-13-32(19)17-23(33)29-22-16-21(25-27-11-14-34-25)28-24(30-22)20-9-2-4-10-26-20/h2,4,9-11,14,16,18-19H,3,5-8,12-13,15,17H2,1H3,(H,28,29,30,33)/t18-,19?/m0/s1. The van der Waals surface area contributed by atoms with E-state index >= 15 is 0 Å². The Morgan fingerprint density at radius 1 is 1.06 bits per heavy atom. The fraction of sp³-hybridized carbons (Fsp3) is 0.480. The van der Waals surface area contributed by atoms with E-state index in [4.69, 9.17) is 0 Å². The monoisotopic (exact) mass is 477 g/mol. The molecule has 2 aliphatic heterocycles. The number of anilines is 1. The highest BCUT2D eigenvalue weighted by molar-refractivity contribution is 7.13. The van der Waals surface area contributed by atoms with E-state index in [2.05, 4.69) is 42.1 Å². The van der Waals surface area contributed by atoms with E-state index in [-0.39, 0.29) is 5.91 Å². The van der Waals surface area contributed by atoms with Crippen molar-refractivity contribution in [2.24, 2.45) is 0 Å². The number of hydrogen-bond donors (Lipinski definition) is 1. The topological polar surface area (TPSA) is 87.1 Å². The van der Waals surface area contributed by atoms with Gasteiger partial charge in [0, 0.05) is 35.9 Å². The number of carbonyl (C=O) groups excluding carboxylic acids is 1. The lowest BCUT2D eigenvalue weighted by atomic mass is 9.95. The van der Waals surface area contributed by atoms with Crippen molar-refractivity contribution in [2.75, 3.05) is 32.0 Å². The van der Waals surface area contributed by atoms with Gasteiger partial charge in [0.1, 0.15) is 22.2 Å². The molecule has 1 amide bonds. The maximum Gasteiger partial charge on any atom is 0.239 e. The van der Waals surface area contributed by atoms with Gasteiger partial charge in [0.15, 0.2) is 5.82 Å². The molecule has 0 bridgehead atoms. The Hall–Kier alpha value is -2.75. The second-order valence-electron chi connectivity index (χ2n) is 9.19. The molecule has 3 aromatic heterocycles. The molecule has 2 atom stereocenters. The number of hydrogen-bond acceptors (Lipinski definition) is 8. The summed E-state index contributed by atoms with van der Waals surface area (Å²) in [5.74, 6) is 0.918. The Morgan fingerprint density at radius 2 is 1.97 bits per heavy atom. The van der Waals surface area contributed by atoms with Gasteiger partial charge in [0.2, 0.25) is 5.91 Å². The van der Waals surface area contributed by atoms with E-state index < -0.39 is 0 Å². The average molecular weight is 478 g/mol. The zero-order valence-electron chi connectivity index (χ0n) is 19.6. The molecule has 34 heavy (non-hydrogen) atoms. The van der Waals surface area contributed by atoms with Crippen LogP contribution in [0.3, 0.4) is 0 Å². The lowest BCUT2D eigenvalue weighted by molar-refractivity contribution is -0.118. The smallest absolute Gasteiger partial charge is 0.239 e. The van der Waals surface area contributed by atoms with Crippen molar-refractivity contribution in [1.29, 1.82) is 0 Å². The average Bonchev–Trinajstić information content (AvgIpc) is 3.53. The number of nitrogens with zero attached hydrogens (tertiary/aromatic N) is 6. The third-order valence-corrected chi connectivity index (χ3v) is 7.65. The van der Waals surface area contributed by atoms with Crippen LogP contribution >= 0.6 is 11.3 Å². The van der Waals surface area contributed by atoms with Crippen LogP contribution in [0.4, 0.5) is 5.82 Å². The molecule has 1 N–H and O–H groups in total. The van der Waals surface area contributed by atoms with Crippen LogP contribution in [-0.2, 0) is 4.79 Å². The van der Waals surface area contributed by atoms with Crippen molar-refractivity contribution in [1.82, 2.24) is 29.7 Å². The number of nitrogens with one attached hydrogen (secondary N) is 1. The normalized spacial score (nSPS) is 21.6. The molecule has 178 valence electrons. The Bertz CT molecular complexity index is 1090. The molecule has 0 aromatic carbocycles. The first kappa shape index (κ1) is 23.0. The highest BCUT2D eigenvalue weighted by Gasteiger charge is 2.30. The van der Waals surface area contributed by atoms with Gasteiger partial charge in [-0.15, -0.1) is 11.3 Å². The van der Waals surface area contributed by atoms with Gasteiger partial charge in [-0.3, -0.25) is 14.7 Å². The largest absolute Gasteiger partial charge is 0.309 e. The second kappa shape index (κ2) is 10.7. The highest BCUT2D eigenvalue weighted by Crippen LogP contribution is 2.28. The number of thiazole rings is 1. The van der Waals surface area contributed by atoms with Gasteiger partial charge in [0.05, 0.1) is 6.54 Å². The van der Waals surface area contributed by atoms with Gasteiger partial charge >= 0.3 is 0 Å². The van der Waals surface area contributed by atoms with E-state index in [1.165, 1.54) is 43.6 Å². The quantitative estimate of drug-likeness (QED) is 0.551. The van der Waals surface area contributed by atoms with Crippen LogP contribution in [0, 0.1) is 0 Å². The number of rotatable bonds is 7. The Morgan fingerprint density at radius 3 is 2.74 bits per heavy atom. The van der Waals surface area contributed by atoms with Crippen LogP contribution in [0.1, 0.15) is 38.5 Å². The number of amides is 1. The summed E-state index contributed by atoms with van der Waals surface area (Å²) in [5, 5.41) is 5.73. The summed E-state index contributed by atoms with van der Waals surface area (Å²) in [6.45, 7) is 2.55. The van der Waals surface area contributed by atoms with Gasteiger partial charge in [-0.2, -0.15) is 0 Å². The van der Waals surface area contributed by atoms with Gasteiger partial charge in [-0.05, 0) is 64.4 Å². The van der Waals surface area contributed by atoms with Crippen LogP contribution < -0.4 is 5.32 Å². The van der Waals surface area contributed by atoms with Crippen molar-refractivity contribution in [3.63, 3.8) is 0 Å². The van der Waals surface area contributed by atoms with E-state index in [0.717, 1.165) is 24.4 Å². The van der Waals surface area contributed by atoms with Gasteiger partial charge in [-0.1, -0.05) is 12.5 Å². The molecule has 3 aromatic rings. The molecule has 5 heterocycles. The summed E-state index contributed by atoms with van der Waals surface area (Å²) in [7, 11) is 2.23. The Kier molecular flexibility index (Phi) is 7.22. The molecule has 1 unspecified atom stereocenters. The zero-order valence-corrected chi connectivity index (χ0v) is 20.4. The number of aromatic nitrogens is 4. The minimum absolute atomic E-state index is 0.0394. The Labute approximate surface area is 204 Å². The van der Waals surface area contributed by atoms with Crippen LogP contribution in [-0.4, -0.2) is 74.4 Å². The first-order chi connectivity index (χ1) is 16.7.